The van der Waals surface area contributed by atoms with Crippen molar-refractivity contribution in [3.63, 3.8) is 0 Å². The van der Waals surface area contributed by atoms with E-state index in [4.69, 9.17) is 4.74 Å². The van der Waals surface area contributed by atoms with E-state index in [9.17, 15) is 24.8 Å². The minimum Gasteiger partial charge on any atom is -0.507 e. The first-order chi connectivity index (χ1) is 16.6. The Bertz CT molecular complexity index is 1120. The molecule has 1 saturated heterocycles. The summed E-state index contributed by atoms with van der Waals surface area (Å²) in [6.07, 6.45) is 0.591. The lowest BCUT2D eigenvalue weighted by molar-refractivity contribution is -0.384. The van der Waals surface area contributed by atoms with Crippen LogP contribution in [-0.4, -0.2) is 65.3 Å². The van der Waals surface area contributed by atoms with E-state index < -0.39 is 22.7 Å². The molecule has 1 atom stereocenters. The summed E-state index contributed by atoms with van der Waals surface area (Å²) in [5.74, 6) is -0.913. The summed E-state index contributed by atoms with van der Waals surface area (Å²) < 4.78 is 5.68. The highest BCUT2D eigenvalue weighted by Gasteiger charge is 2.46. The van der Waals surface area contributed by atoms with Crippen molar-refractivity contribution in [3.8, 4) is 5.75 Å². The van der Waals surface area contributed by atoms with Crippen LogP contribution in [0.5, 0.6) is 5.75 Å². The van der Waals surface area contributed by atoms with Crippen LogP contribution < -0.4 is 4.74 Å². The normalized spacial score (nSPS) is 17.4. The number of carbonyl (C=O) groups excluding carboxylic acids is 2. The molecule has 1 amide bonds. The SMILES string of the molecule is CC(C)COc1ccc(C(O)=C2C(=O)C(=O)N(CCCN(C)C)[C@H]2c2cccc([N+](=O)[O-])c2)cc1. The van der Waals surface area contributed by atoms with Crippen molar-refractivity contribution < 1.29 is 24.4 Å². The van der Waals surface area contributed by atoms with Gasteiger partial charge in [-0.3, -0.25) is 19.7 Å². The van der Waals surface area contributed by atoms with Crippen molar-refractivity contribution in [2.75, 3.05) is 33.8 Å². The molecule has 1 aliphatic heterocycles. The van der Waals surface area contributed by atoms with Gasteiger partial charge in [-0.05, 0) is 62.8 Å². The summed E-state index contributed by atoms with van der Waals surface area (Å²) in [7, 11) is 3.81. The molecule has 1 heterocycles. The van der Waals surface area contributed by atoms with Crippen LogP contribution in [0, 0.1) is 16.0 Å². The Morgan fingerprint density at radius 2 is 1.86 bits per heavy atom. The number of carbonyl (C=O) groups is 2. The Morgan fingerprint density at radius 3 is 2.46 bits per heavy atom. The van der Waals surface area contributed by atoms with Gasteiger partial charge < -0.3 is 19.6 Å². The molecule has 9 heteroatoms. The number of nitrogens with zero attached hydrogens (tertiary/aromatic N) is 3. The fourth-order valence-electron chi connectivity index (χ4n) is 3.95. The number of aliphatic hydroxyl groups excluding tert-OH is 1. The monoisotopic (exact) mass is 481 g/mol. The van der Waals surface area contributed by atoms with Crippen molar-refractivity contribution in [3.05, 3.63) is 75.3 Å². The standard InChI is InChI=1S/C26H31N3O6/c1-17(2)16-35-21-11-9-18(10-12-21)24(30)22-23(19-7-5-8-20(15-19)29(33)34)28(26(32)25(22)31)14-6-13-27(3)4/h5,7-12,15,17,23,30H,6,13-14,16H2,1-4H3/t23-/m0/s1. The van der Waals surface area contributed by atoms with Gasteiger partial charge in [-0.15, -0.1) is 0 Å². The number of ether oxygens (including phenoxy) is 1. The van der Waals surface area contributed by atoms with Crippen LogP contribution in [-0.2, 0) is 9.59 Å². The van der Waals surface area contributed by atoms with Gasteiger partial charge in [-0.1, -0.05) is 26.0 Å². The van der Waals surface area contributed by atoms with Crippen LogP contribution in [0.2, 0.25) is 0 Å². The molecule has 0 radical (unpaired) electrons. The Kier molecular flexibility index (Phi) is 8.24. The van der Waals surface area contributed by atoms with Gasteiger partial charge in [0.15, 0.2) is 0 Å². The average Bonchev–Trinajstić information content (AvgIpc) is 3.07. The van der Waals surface area contributed by atoms with Gasteiger partial charge in [0.1, 0.15) is 11.5 Å². The predicted molar refractivity (Wildman–Crippen MR) is 132 cm³/mol. The Balaban J connectivity index is 2.04. The minimum atomic E-state index is -0.936. The molecule has 0 unspecified atom stereocenters. The maximum absolute atomic E-state index is 13.1. The molecule has 9 nitrogen and oxygen atoms in total. The first-order valence-electron chi connectivity index (χ1n) is 11.5. The van der Waals surface area contributed by atoms with Crippen LogP contribution in [0.3, 0.4) is 0 Å². The summed E-state index contributed by atoms with van der Waals surface area (Å²) in [5, 5.41) is 22.5. The fourth-order valence-corrected chi connectivity index (χ4v) is 3.95. The highest BCUT2D eigenvalue weighted by molar-refractivity contribution is 6.46. The zero-order valence-corrected chi connectivity index (χ0v) is 20.4. The highest BCUT2D eigenvalue weighted by Crippen LogP contribution is 2.40. The topological polar surface area (TPSA) is 113 Å². The Morgan fingerprint density at radius 1 is 1.17 bits per heavy atom. The van der Waals surface area contributed by atoms with Crippen LogP contribution in [0.15, 0.2) is 54.1 Å². The first-order valence-corrected chi connectivity index (χ1v) is 11.5. The van der Waals surface area contributed by atoms with Crippen molar-refractivity contribution in [1.82, 2.24) is 9.80 Å². The number of likely N-dealkylation sites (tertiary alicyclic amines) is 1. The summed E-state index contributed by atoms with van der Waals surface area (Å²) >= 11 is 0. The van der Waals surface area contributed by atoms with Crippen molar-refractivity contribution >= 4 is 23.1 Å². The molecule has 1 N–H and O–H groups in total. The summed E-state index contributed by atoms with van der Waals surface area (Å²) in [6.45, 7) is 5.55. The molecule has 3 rings (SSSR count). The second kappa shape index (κ2) is 11.1. The molecular weight excluding hydrogens is 450 g/mol. The van der Waals surface area contributed by atoms with E-state index in [1.54, 1.807) is 30.3 Å². The largest absolute Gasteiger partial charge is 0.507 e. The minimum absolute atomic E-state index is 0.0869. The number of aliphatic hydroxyl groups is 1. The maximum Gasteiger partial charge on any atom is 0.295 e. The molecule has 0 spiro atoms. The summed E-state index contributed by atoms with van der Waals surface area (Å²) in [6, 6.07) is 11.5. The van der Waals surface area contributed by atoms with Gasteiger partial charge in [0.25, 0.3) is 17.4 Å². The summed E-state index contributed by atoms with van der Waals surface area (Å²) in [5.41, 5.74) is 0.495. The molecule has 0 aromatic heterocycles. The third-order valence-corrected chi connectivity index (χ3v) is 5.65. The average molecular weight is 482 g/mol. The molecule has 0 aliphatic carbocycles. The van der Waals surface area contributed by atoms with Crippen LogP contribution in [0.25, 0.3) is 5.76 Å². The third-order valence-electron chi connectivity index (χ3n) is 5.65. The smallest absolute Gasteiger partial charge is 0.295 e. The molecule has 0 bridgehead atoms. The molecule has 2 aromatic carbocycles. The van der Waals surface area contributed by atoms with E-state index in [0.717, 1.165) is 0 Å². The van der Waals surface area contributed by atoms with E-state index in [0.29, 0.717) is 42.4 Å². The van der Waals surface area contributed by atoms with Gasteiger partial charge in [0.05, 0.1) is 23.1 Å². The quantitative estimate of drug-likeness (QED) is 0.179. The lowest BCUT2D eigenvalue weighted by atomic mass is 9.95. The second-order valence-corrected chi connectivity index (χ2v) is 9.23. The Labute approximate surface area is 204 Å². The van der Waals surface area contributed by atoms with E-state index in [1.807, 2.05) is 32.8 Å². The van der Waals surface area contributed by atoms with Crippen molar-refractivity contribution in [2.45, 2.75) is 26.3 Å². The zero-order chi connectivity index (χ0) is 25.7. The maximum atomic E-state index is 13.1. The molecule has 186 valence electrons. The molecular formula is C26H31N3O6. The number of nitro benzene ring substituents is 1. The van der Waals surface area contributed by atoms with Gasteiger partial charge in [0, 0.05) is 24.2 Å². The first kappa shape index (κ1) is 25.9. The lowest BCUT2D eigenvalue weighted by Crippen LogP contribution is -2.32. The number of amides is 1. The molecule has 0 saturated carbocycles. The number of nitro groups is 1. The number of hydrogen-bond acceptors (Lipinski definition) is 7. The Hall–Kier alpha value is -3.72. The number of hydrogen-bond donors (Lipinski definition) is 1. The number of non-ortho nitro benzene ring substituents is 1. The second-order valence-electron chi connectivity index (χ2n) is 9.23. The molecule has 1 fully saturated rings. The fraction of sp³-hybridized carbons (Fsp3) is 0.385. The molecule has 1 aliphatic rings. The van der Waals surface area contributed by atoms with E-state index in [2.05, 4.69) is 0 Å². The van der Waals surface area contributed by atoms with Gasteiger partial charge in [-0.25, -0.2) is 0 Å². The van der Waals surface area contributed by atoms with E-state index >= 15 is 0 Å². The van der Waals surface area contributed by atoms with E-state index in [-0.39, 0.29) is 23.6 Å². The number of rotatable bonds is 10. The van der Waals surface area contributed by atoms with E-state index in [1.165, 1.54) is 23.1 Å². The van der Waals surface area contributed by atoms with Gasteiger partial charge >= 0.3 is 0 Å². The van der Waals surface area contributed by atoms with Crippen molar-refractivity contribution in [2.24, 2.45) is 5.92 Å². The predicted octanol–water partition coefficient (Wildman–Crippen LogP) is 4.00. The lowest BCUT2D eigenvalue weighted by Gasteiger charge is -2.25. The van der Waals surface area contributed by atoms with Crippen LogP contribution in [0.1, 0.15) is 37.4 Å². The van der Waals surface area contributed by atoms with Gasteiger partial charge in [-0.2, -0.15) is 0 Å². The number of Topliss-reactive ketones (excluding diaryl/α,β-unsaturated/α-hetero) is 1. The van der Waals surface area contributed by atoms with Crippen molar-refractivity contribution in [1.29, 1.82) is 0 Å². The summed E-state index contributed by atoms with van der Waals surface area (Å²) in [4.78, 5) is 40.3. The van der Waals surface area contributed by atoms with Crippen LogP contribution >= 0.6 is 0 Å². The molecule has 2 aromatic rings. The van der Waals surface area contributed by atoms with Crippen LogP contribution in [0.4, 0.5) is 5.69 Å². The third kappa shape index (κ3) is 6.05. The zero-order valence-electron chi connectivity index (χ0n) is 20.4. The number of benzene rings is 2. The molecule has 35 heavy (non-hydrogen) atoms. The highest BCUT2D eigenvalue weighted by atomic mass is 16.6. The van der Waals surface area contributed by atoms with Gasteiger partial charge in [0.2, 0.25) is 0 Å². The number of ketones is 1.